The number of pyridine rings is 1. The number of rotatable bonds is 8. The lowest BCUT2D eigenvalue weighted by atomic mass is 10.0. The fraction of sp³-hybridized carbons (Fsp3) is 0.273. The highest BCUT2D eigenvalue weighted by atomic mass is 16.6. The molecule has 29 heavy (non-hydrogen) atoms. The lowest BCUT2D eigenvalue weighted by Crippen LogP contribution is -2.15. The molecule has 0 saturated heterocycles. The minimum Gasteiger partial charge on any atom is -0.497 e. The van der Waals surface area contributed by atoms with Crippen molar-refractivity contribution < 1.29 is 28.5 Å². The van der Waals surface area contributed by atoms with Gasteiger partial charge in [-0.25, -0.2) is 9.78 Å². The van der Waals surface area contributed by atoms with Crippen LogP contribution in [0.15, 0.2) is 42.5 Å². The van der Waals surface area contributed by atoms with E-state index in [1.165, 1.54) is 0 Å². The van der Waals surface area contributed by atoms with E-state index in [1.807, 2.05) is 30.3 Å². The van der Waals surface area contributed by atoms with Crippen LogP contribution in [0.4, 0.5) is 0 Å². The van der Waals surface area contributed by atoms with Crippen LogP contribution >= 0.6 is 0 Å². The summed E-state index contributed by atoms with van der Waals surface area (Å²) in [6.45, 7) is 1.79. The topological polar surface area (TPSA) is 76.1 Å². The molecule has 0 aliphatic carbocycles. The molecule has 0 atom stereocenters. The van der Waals surface area contributed by atoms with E-state index < -0.39 is 5.97 Å². The molecule has 0 spiro atoms. The highest BCUT2D eigenvalue weighted by Crippen LogP contribution is 2.38. The first-order valence-corrected chi connectivity index (χ1v) is 9.09. The number of methoxy groups -OCH3 is 3. The van der Waals surface area contributed by atoms with Crippen molar-refractivity contribution in [3.63, 3.8) is 0 Å². The minimum atomic E-state index is -0.460. The van der Waals surface area contributed by atoms with Crippen LogP contribution in [0, 0.1) is 0 Å². The number of fused-ring (bicyclic) bond motifs is 1. The van der Waals surface area contributed by atoms with Gasteiger partial charge in [0.1, 0.15) is 17.2 Å². The van der Waals surface area contributed by atoms with Gasteiger partial charge in [-0.05, 0) is 30.7 Å². The van der Waals surface area contributed by atoms with Crippen molar-refractivity contribution in [3.8, 4) is 34.3 Å². The van der Waals surface area contributed by atoms with E-state index in [4.69, 9.17) is 23.7 Å². The molecular formula is C22H23NO6. The van der Waals surface area contributed by atoms with Crippen molar-refractivity contribution in [2.75, 3.05) is 34.5 Å². The second-order valence-electron chi connectivity index (χ2n) is 6.06. The molecule has 0 fully saturated rings. The van der Waals surface area contributed by atoms with Gasteiger partial charge >= 0.3 is 5.97 Å². The summed E-state index contributed by atoms with van der Waals surface area (Å²) in [5.41, 5.74) is 2.20. The molecule has 7 heteroatoms. The maximum Gasteiger partial charge on any atom is 0.344 e. The molecule has 2 aromatic carbocycles. The smallest absolute Gasteiger partial charge is 0.344 e. The average Bonchev–Trinajstić information content (AvgIpc) is 2.76. The largest absolute Gasteiger partial charge is 0.497 e. The van der Waals surface area contributed by atoms with Crippen molar-refractivity contribution in [3.05, 3.63) is 42.5 Å². The number of carbonyl (C=O) groups is 1. The normalized spacial score (nSPS) is 10.5. The minimum absolute atomic E-state index is 0.239. The first kappa shape index (κ1) is 20.3. The summed E-state index contributed by atoms with van der Waals surface area (Å²) in [5.74, 6) is 1.82. The monoisotopic (exact) mass is 397 g/mol. The van der Waals surface area contributed by atoms with E-state index in [0.29, 0.717) is 28.5 Å². The van der Waals surface area contributed by atoms with Crippen molar-refractivity contribution >= 4 is 16.9 Å². The average molecular weight is 397 g/mol. The van der Waals surface area contributed by atoms with Gasteiger partial charge in [0, 0.05) is 23.1 Å². The number of hydrogen-bond donors (Lipinski definition) is 0. The molecule has 0 amide bonds. The number of esters is 1. The second kappa shape index (κ2) is 9.14. The Balaban J connectivity index is 2.13. The Morgan fingerprint density at radius 2 is 1.66 bits per heavy atom. The number of carbonyl (C=O) groups excluding carboxylic acids is 1. The molecule has 0 aliphatic rings. The highest BCUT2D eigenvalue weighted by molar-refractivity contribution is 5.92. The summed E-state index contributed by atoms with van der Waals surface area (Å²) in [6, 6.07) is 13.0. The molecule has 0 bridgehead atoms. The molecule has 0 saturated carbocycles. The van der Waals surface area contributed by atoms with Crippen molar-refractivity contribution in [1.82, 2.24) is 4.98 Å². The zero-order valence-electron chi connectivity index (χ0n) is 16.9. The Kier molecular flexibility index (Phi) is 6.39. The first-order valence-electron chi connectivity index (χ1n) is 9.09. The standard InChI is InChI=1S/C22H23NO6/c1-5-28-21(24)13-29-22-17(14-6-8-15(25-2)9-7-14)12-18-19(23-22)10-16(26-3)11-20(18)27-4/h6-12H,5,13H2,1-4H3. The Morgan fingerprint density at radius 3 is 2.28 bits per heavy atom. The van der Waals surface area contributed by atoms with Crippen LogP contribution in [0.2, 0.25) is 0 Å². The summed E-state index contributed by atoms with van der Waals surface area (Å²) in [7, 11) is 4.77. The van der Waals surface area contributed by atoms with Crippen LogP contribution in [0.25, 0.3) is 22.0 Å². The molecule has 1 aromatic heterocycles. The van der Waals surface area contributed by atoms with E-state index >= 15 is 0 Å². The second-order valence-corrected chi connectivity index (χ2v) is 6.06. The molecule has 3 aromatic rings. The molecule has 3 rings (SSSR count). The summed E-state index contributed by atoms with van der Waals surface area (Å²) < 4.78 is 26.7. The number of aromatic nitrogens is 1. The van der Waals surface area contributed by atoms with Crippen LogP contribution in [0.5, 0.6) is 23.1 Å². The summed E-state index contributed by atoms with van der Waals surface area (Å²) in [5, 5.41) is 0.794. The van der Waals surface area contributed by atoms with E-state index in [9.17, 15) is 4.79 Å². The van der Waals surface area contributed by atoms with Gasteiger partial charge in [-0.2, -0.15) is 0 Å². The van der Waals surface area contributed by atoms with Crippen molar-refractivity contribution in [2.45, 2.75) is 6.92 Å². The third-order valence-electron chi connectivity index (χ3n) is 4.32. The van der Waals surface area contributed by atoms with E-state index in [1.54, 1.807) is 40.4 Å². The van der Waals surface area contributed by atoms with Crippen LogP contribution in [-0.2, 0) is 9.53 Å². The summed E-state index contributed by atoms with van der Waals surface area (Å²) >= 11 is 0. The van der Waals surface area contributed by atoms with Crippen LogP contribution in [-0.4, -0.2) is 45.5 Å². The number of hydrogen-bond acceptors (Lipinski definition) is 7. The molecule has 0 radical (unpaired) electrons. The molecule has 1 heterocycles. The lowest BCUT2D eigenvalue weighted by molar-refractivity contribution is -0.145. The predicted molar refractivity (Wildman–Crippen MR) is 109 cm³/mol. The fourth-order valence-electron chi connectivity index (χ4n) is 2.90. The Hall–Kier alpha value is -3.48. The van der Waals surface area contributed by atoms with Crippen LogP contribution in [0.1, 0.15) is 6.92 Å². The lowest BCUT2D eigenvalue weighted by Gasteiger charge is -2.14. The maximum atomic E-state index is 11.8. The zero-order chi connectivity index (χ0) is 20.8. The van der Waals surface area contributed by atoms with E-state index in [2.05, 4.69) is 4.98 Å². The van der Waals surface area contributed by atoms with Crippen LogP contribution < -0.4 is 18.9 Å². The predicted octanol–water partition coefficient (Wildman–Crippen LogP) is 3.87. The van der Waals surface area contributed by atoms with Gasteiger partial charge in [-0.15, -0.1) is 0 Å². The molecule has 0 unspecified atom stereocenters. The quantitative estimate of drug-likeness (QED) is 0.534. The highest BCUT2D eigenvalue weighted by Gasteiger charge is 2.16. The molecule has 0 N–H and O–H groups in total. The van der Waals surface area contributed by atoms with Crippen LogP contribution in [0.3, 0.4) is 0 Å². The van der Waals surface area contributed by atoms with Gasteiger partial charge in [0.2, 0.25) is 5.88 Å². The van der Waals surface area contributed by atoms with Gasteiger partial charge < -0.3 is 23.7 Å². The van der Waals surface area contributed by atoms with Gasteiger partial charge in [0.15, 0.2) is 6.61 Å². The number of benzene rings is 2. The molecular weight excluding hydrogens is 374 g/mol. The van der Waals surface area contributed by atoms with Crippen molar-refractivity contribution in [2.24, 2.45) is 0 Å². The SMILES string of the molecule is CCOC(=O)COc1nc2cc(OC)cc(OC)c2cc1-c1ccc(OC)cc1. The van der Waals surface area contributed by atoms with Gasteiger partial charge in [0.25, 0.3) is 0 Å². The number of nitrogens with zero attached hydrogens (tertiary/aromatic N) is 1. The van der Waals surface area contributed by atoms with E-state index in [-0.39, 0.29) is 13.2 Å². The molecule has 152 valence electrons. The Bertz CT molecular complexity index is 1000. The molecule has 7 nitrogen and oxygen atoms in total. The summed E-state index contributed by atoms with van der Waals surface area (Å²) in [4.78, 5) is 16.4. The summed E-state index contributed by atoms with van der Waals surface area (Å²) in [6.07, 6.45) is 0. The number of ether oxygens (including phenoxy) is 5. The van der Waals surface area contributed by atoms with Crippen molar-refractivity contribution in [1.29, 1.82) is 0 Å². The fourth-order valence-corrected chi connectivity index (χ4v) is 2.90. The molecule has 0 aliphatic heterocycles. The zero-order valence-corrected chi connectivity index (χ0v) is 16.9. The third-order valence-corrected chi connectivity index (χ3v) is 4.32. The Morgan fingerprint density at radius 1 is 0.931 bits per heavy atom. The van der Waals surface area contributed by atoms with Gasteiger partial charge in [0.05, 0.1) is 33.5 Å². The van der Waals surface area contributed by atoms with Gasteiger partial charge in [-0.1, -0.05) is 12.1 Å². The maximum absolute atomic E-state index is 11.8. The van der Waals surface area contributed by atoms with Gasteiger partial charge in [-0.3, -0.25) is 0 Å². The Labute approximate surface area is 169 Å². The van der Waals surface area contributed by atoms with E-state index in [0.717, 1.165) is 16.7 Å². The first-order chi connectivity index (χ1) is 14.1. The third kappa shape index (κ3) is 4.51.